The molecular formula is C7H15NO2. The van der Waals surface area contributed by atoms with Gasteiger partial charge in [-0.15, -0.1) is 0 Å². The molecule has 1 rings (SSSR count). The molecule has 0 saturated carbocycles. The Balaban J connectivity index is 2.45. The predicted molar refractivity (Wildman–Crippen MR) is 38.9 cm³/mol. The molecule has 2 unspecified atom stereocenters. The standard InChI is InChI=1S/C7H15NO2/c1-8-4-3-7(10-2)6(8)5-9/h6-7,9H,3-5H2,1-2H3. The summed E-state index contributed by atoms with van der Waals surface area (Å²) in [6, 6.07) is 0.213. The molecule has 1 aliphatic heterocycles. The topological polar surface area (TPSA) is 32.7 Å². The van der Waals surface area contributed by atoms with Gasteiger partial charge in [0.1, 0.15) is 0 Å². The minimum Gasteiger partial charge on any atom is -0.395 e. The van der Waals surface area contributed by atoms with E-state index in [4.69, 9.17) is 9.84 Å². The van der Waals surface area contributed by atoms with E-state index in [-0.39, 0.29) is 18.8 Å². The summed E-state index contributed by atoms with van der Waals surface area (Å²) in [7, 11) is 3.71. The zero-order chi connectivity index (χ0) is 7.56. The summed E-state index contributed by atoms with van der Waals surface area (Å²) in [6.07, 6.45) is 1.27. The number of nitrogens with zero attached hydrogens (tertiary/aromatic N) is 1. The van der Waals surface area contributed by atoms with Crippen LogP contribution in [0, 0.1) is 0 Å². The molecule has 0 aromatic carbocycles. The summed E-state index contributed by atoms with van der Waals surface area (Å²) in [5.74, 6) is 0. The first kappa shape index (κ1) is 7.98. The van der Waals surface area contributed by atoms with Crippen molar-refractivity contribution in [3.05, 3.63) is 0 Å². The van der Waals surface area contributed by atoms with Crippen molar-refractivity contribution >= 4 is 0 Å². The first-order chi connectivity index (χ1) is 4.79. The van der Waals surface area contributed by atoms with Gasteiger partial charge in [0.05, 0.1) is 18.8 Å². The Kier molecular flexibility index (Phi) is 2.65. The van der Waals surface area contributed by atoms with Gasteiger partial charge in [-0.05, 0) is 13.5 Å². The summed E-state index contributed by atoms with van der Waals surface area (Å²) in [4.78, 5) is 2.13. The largest absolute Gasteiger partial charge is 0.395 e. The maximum Gasteiger partial charge on any atom is 0.0760 e. The van der Waals surface area contributed by atoms with Crippen molar-refractivity contribution in [3.63, 3.8) is 0 Å². The van der Waals surface area contributed by atoms with E-state index >= 15 is 0 Å². The Morgan fingerprint density at radius 2 is 2.40 bits per heavy atom. The van der Waals surface area contributed by atoms with E-state index in [1.165, 1.54) is 0 Å². The first-order valence-corrected chi connectivity index (χ1v) is 3.63. The molecular weight excluding hydrogens is 130 g/mol. The highest BCUT2D eigenvalue weighted by molar-refractivity contribution is 4.84. The van der Waals surface area contributed by atoms with Gasteiger partial charge in [0.25, 0.3) is 0 Å². The average Bonchev–Trinajstić information content (AvgIpc) is 2.30. The highest BCUT2D eigenvalue weighted by atomic mass is 16.5. The van der Waals surface area contributed by atoms with Crippen molar-refractivity contribution in [2.75, 3.05) is 27.3 Å². The SMILES string of the molecule is COC1CCN(C)C1CO. The summed E-state index contributed by atoms with van der Waals surface area (Å²) < 4.78 is 5.18. The van der Waals surface area contributed by atoms with Gasteiger partial charge in [-0.3, -0.25) is 4.90 Å². The van der Waals surface area contributed by atoms with Gasteiger partial charge in [0.15, 0.2) is 0 Å². The normalized spacial score (nSPS) is 35.1. The summed E-state index contributed by atoms with van der Waals surface area (Å²) in [6.45, 7) is 1.23. The highest BCUT2D eigenvalue weighted by Crippen LogP contribution is 2.17. The lowest BCUT2D eigenvalue weighted by molar-refractivity contribution is 0.0446. The summed E-state index contributed by atoms with van der Waals surface area (Å²) in [5, 5.41) is 8.92. The molecule has 0 aliphatic carbocycles. The fourth-order valence-electron chi connectivity index (χ4n) is 1.50. The molecule has 1 saturated heterocycles. The van der Waals surface area contributed by atoms with Crippen molar-refractivity contribution in [2.45, 2.75) is 18.6 Å². The van der Waals surface area contributed by atoms with Crippen molar-refractivity contribution in [2.24, 2.45) is 0 Å². The predicted octanol–water partition coefficient (Wildman–Crippen LogP) is -0.302. The number of ether oxygens (including phenoxy) is 1. The van der Waals surface area contributed by atoms with E-state index < -0.39 is 0 Å². The van der Waals surface area contributed by atoms with Crippen LogP contribution in [0.4, 0.5) is 0 Å². The lowest BCUT2D eigenvalue weighted by Crippen LogP contribution is -2.36. The van der Waals surface area contributed by atoms with Crippen LogP contribution in [0.25, 0.3) is 0 Å². The number of likely N-dealkylation sites (N-methyl/N-ethyl adjacent to an activating group) is 1. The molecule has 1 N–H and O–H groups in total. The number of rotatable bonds is 2. The molecule has 10 heavy (non-hydrogen) atoms. The molecule has 3 nitrogen and oxygen atoms in total. The monoisotopic (exact) mass is 145 g/mol. The minimum absolute atomic E-state index is 0.203. The van der Waals surface area contributed by atoms with Crippen molar-refractivity contribution in [3.8, 4) is 0 Å². The maximum absolute atomic E-state index is 8.92. The van der Waals surface area contributed by atoms with E-state index in [9.17, 15) is 0 Å². The molecule has 3 heteroatoms. The first-order valence-electron chi connectivity index (χ1n) is 3.63. The van der Waals surface area contributed by atoms with Crippen molar-refractivity contribution in [1.29, 1.82) is 0 Å². The molecule has 60 valence electrons. The quantitative estimate of drug-likeness (QED) is 0.579. The van der Waals surface area contributed by atoms with Crippen LogP contribution in [0.3, 0.4) is 0 Å². The second-order valence-electron chi connectivity index (χ2n) is 2.79. The fraction of sp³-hybridized carbons (Fsp3) is 1.00. The third kappa shape index (κ3) is 1.31. The Morgan fingerprint density at radius 3 is 2.80 bits per heavy atom. The van der Waals surface area contributed by atoms with Gasteiger partial charge in [-0.25, -0.2) is 0 Å². The molecule has 0 radical (unpaired) electrons. The van der Waals surface area contributed by atoms with Gasteiger partial charge < -0.3 is 9.84 Å². The Hall–Kier alpha value is -0.120. The Morgan fingerprint density at radius 1 is 1.70 bits per heavy atom. The molecule has 1 fully saturated rings. The van der Waals surface area contributed by atoms with E-state index in [1.54, 1.807) is 7.11 Å². The molecule has 0 bridgehead atoms. The van der Waals surface area contributed by atoms with E-state index in [2.05, 4.69) is 4.90 Å². The van der Waals surface area contributed by atoms with Crippen LogP contribution in [0.1, 0.15) is 6.42 Å². The average molecular weight is 145 g/mol. The van der Waals surface area contributed by atoms with Crippen molar-refractivity contribution < 1.29 is 9.84 Å². The molecule has 2 atom stereocenters. The number of likely N-dealkylation sites (tertiary alicyclic amines) is 1. The van der Waals surface area contributed by atoms with Gasteiger partial charge in [-0.2, -0.15) is 0 Å². The minimum atomic E-state index is 0.203. The zero-order valence-corrected chi connectivity index (χ0v) is 6.58. The van der Waals surface area contributed by atoms with Crippen LogP contribution in [-0.2, 0) is 4.74 Å². The smallest absolute Gasteiger partial charge is 0.0760 e. The lowest BCUT2D eigenvalue weighted by atomic mass is 10.2. The molecule has 1 heterocycles. The third-order valence-corrected chi connectivity index (χ3v) is 2.25. The fourth-order valence-corrected chi connectivity index (χ4v) is 1.50. The maximum atomic E-state index is 8.92. The molecule has 1 aliphatic rings. The number of methoxy groups -OCH3 is 1. The van der Waals surface area contributed by atoms with Crippen LogP contribution < -0.4 is 0 Å². The van der Waals surface area contributed by atoms with E-state index in [0.717, 1.165) is 13.0 Å². The molecule has 0 aromatic rings. The van der Waals surface area contributed by atoms with Crippen LogP contribution >= 0.6 is 0 Å². The Labute approximate surface area is 61.6 Å². The van der Waals surface area contributed by atoms with Crippen LogP contribution in [0.15, 0.2) is 0 Å². The van der Waals surface area contributed by atoms with Crippen LogP contribution in [0.2, 0.25) is 0 Å². The van der Waals surface area contributed by atoms with Crippen LogP contribution in [-0.4, -0.2) is 49.5 Å². The molecule has 0 spiro atoms. The number of hydrogen-bond donors (Lipinski definition) is 1. The molecule has 0 amide bonds. The number of aliphatic hydroxyl groups is 1. The lowest BCUT2D eigenvalue weighted by Gasteiger charge is -2.21. The van der Waals surface area contributed by atoms with E-state index in [1.807, 2.05) is 7.05 Å². The second kappa shape index (κ2) is 3.32. The van der Waals surface area contributed by atoms with Gasteiger partial charge in [0, 0.05) is 13.7 Å². The molecule has 0 aromatic heterocycles. The zero-order valence-electron chi connectivity index (χ0n) is 6.58. The van der Waals surface area contributed by atoms with Gasteiger partial charge in [0.2, 0.25) is 0 Å². The number of hydrogen-bond acceptors (Lipinski definition) is 3. The highest BCUT2D eigenvalue weighted by Gasteiger charge is 2.30. The van der Waals surface area contributed by atoms with Crippen molar-refractivity contribution in [1.82, 2.24) is 4.90 Å². The summed E-state index contributed by atoms with van der Waals surface area (Å²) >= 11 is 0. The second-order valence-corrected chi connectivity index (χ2v) is 2.79. The van der Waals surface area contributed by atoms with E-state index in [0.29, 0.717) is 0 Å². The van der Waals surface area contributed by atoms with Crippen LogP contribution in [0.5, 0.6) is 0 Å². The Bertz CT molecular complexity index is 108. The van der Waals surface area contributed by atoms with Gasteiger partial charge >= 0.3 is 0 Å². The number of aliphatic hydroxyl groups excluding tert-OH is 1. The van der Waals surface area contributed by atoms with Gasteiger partial charge in [-0.1, -0.05) is 0 Å². The third-order valence-electron chi connectivity index (χ3n) is 2.25. The summed E-state index contributed by atoms with van der Waals surface area (Å²) in [5.41, 5.74) is 0.